The van der Waals surface area contributed by atoms with Gasteiger partial charge in [-0.25, -0.2) is 0 Å². The van der Waals surface area contributed by atoms with Gasteiger partial charge in [0.25, 0.3) is 0 Å². The smallest absolute Gasteiger partial charge is 0.147 e. The van der Waals surface area contributed by atoms with Crippen LogP contribution in [-0.4, -0.2) is 4.57 Å². The first-order valence-electron chi connectivity index (χ1n) is 21.2. The van der Waals surface area contributed by atoms with Crippen LogP contribution >= 0.6 is 0 Å². The van der Waals surface area contributed by atoms with E-state index in [0.717, 1.165) is 56.8 Å². The Bertz CT molecular complexity index is 3290. The number of hydrogen-bond acceptors (Lipinski definition) is 3. The van der Waals surface area contributed by atoms with Crippen molar-refractivity contribution in [1.82, 2.24) is 4.57 Å². The summed E-state index contributed by atoms with van der Waals surface area (Å²) in [4.78, 5) is 4.80. The molecule has 0 saturated carbocycles. The van der Waals surface area contributed by atoms with E-state index in [-0.39, 0.29) is 0 Å². The van der Waals surface area contributed by atoms with Crippen LogP contribution in [0.5, 0.6) is 0 Å². The summed E-state index contributed by atoms with van der Waals surface area (Å²) in [7, 11) is 0. The van der Waals surface area contributed by atoms with Gasteiger partial charge < -0.3 is 10.2 Å². The molecule has 1 N–H and O–H groups in total. The zero-order valence-corrected chi connectivity index (χ0v) is 33.9. The zero-order valence-electron chi connectivity index (χ0n) is 33.9. The monoisotopic (exact) mass is 792 g/mol. The Balaban J connectivity index is 1.04. The van der Waals surface area contributed by atoms with Crippen molar-refractivity contribution in [2.45, 2.75) is 0 Å². The molecule has 1 aliphatic heterocycles. The van der Waals surface area contributed by atoms with Crippen molar-refractivity contribution in [1.29, 1.82) is 0 Å². The second-order valence-electron chi connectivity index (χ2n) is 15.9. The third-order valence-corrected chi connectivity index (χ3v) is 12.3. The van der Waals surface area contributed by atoms with Crippen LogP contribution in [-0.2, 0) is 0 Å². The summed E-state index contributed by atoms with van der Waals surface area (Å²) in [5, 5.41) is 10.1. The standard InChI is InChI=1S/C58H40N4/c1-3-19-44(20-4-1)61-55-28-12-11-25-53(55)57-58(61)62(45-21-5-2-6-22-45)56-39-48(37-38-54(56)59-57)60(46-33-29-42(30-34-46)51-26-13-17-40-15-7-9-23-49(40)51)47-35-31-43(32-36-47)52-27-14-18-41-16-8-10-24-50(41)52/h1-39,59H. The molecular formula is C58H40N4. The number of hydrogen-bond donors (Lipinski definition) is 1. The van der Waals surface area contributed by atoms with Crippen molar-refractivity contribution < 1.29 is 0 Å². The lowest BCUT2D eigenvalue weighted by molar-refractivity contribution is 1.07. The molecule has 1 aliphatic rings. The molecule has 0 amide bonds. The third-order valence-electron chi connectivity index (χ3n) is 12.3. The molecule has 0 radical (unpaired) electrons. The summed E-state index contributed by atoms with van der Waals surface area (Å²) in [5.74, 6) is 1.07. The highest BCUT2D eigenvalue weighted by Crippen LogP contribution is 2.54. The summed E-state index contributed by atoms with van der Waals surface area (Å²) in [6, 6.07) is 85.3. The van der Waals surface area contributed by atoms with E-state index in [4.69, 9.17) is 0 Å². The van der Waals surface area contributed by atoms with Gasteiger partial charge in [-0.1, -0.05) is 164 Å². The average molecular weight is 793 g/mol. The fourth-order valence-corrected chi connectivity index (χ4v) is 9.42. The number of para-hydroxylation sites is 3. The zero-order chi connectivity index (χ0) is 41.0. The molecule has 0 saturated heterocycles. The maximum atomic E-state index is 3.92. The highest BCUT2D eigenvalue weighted by atomic mass is 15.3. The summed E-state index contributed by atoms with van der Waals surface area (Å²) < 4.78 is 2.38. The number of rotatable bonds is 7. The van der Waals surface area contributed by atoms with Crippen molar-refractivity contribution in [3.05, 3.63) is 237 Å². The lowest BCUT2D eigenvalue weighted by Crippen LogP contribution is -2.21. The van der Waals surface area contributed by atoms with Crippen LogP contribution in [0.1, 0.15) is 0 Å². The Morgan fingerprint density at radius 3 is 1.45 bits per heavy atom. The minimum absolute atomic E-state index is 1.04. The van der Waals surface area contributed by atoms with E-state index in [9.17, 15) is 0 Å². The lowest BCUT2D eigenvalue weighted by Gasteiger charge is -2.35. The van der Waals surface area contributed by atoms with E-state index < -0.39 is 0 Å². The molecule has 0 atom stereocenters. The van der Waals surface area contributed by atoms with Crippen LogP contribution in [0.15, 0.2) is 237 Å². The fraction of sp³-hybridized carbons (Fsp3) is 0. The molecule has 4 nitrogen and oxygen atoms in total. The minimum atomic E-state index is 1.04. The predicted octanol–water partition coefficient (Wildman–Crippen LogP) is 16.3. The number of aromatic nitrogens is 1. The number of fused-ring (bicyclic) bond motifs is 6. The number of nitrogens with one attached hydrogen (secondary N) is 1. The average Bonchev–Trinajstić information content (AvgIpc) is 3.67. The summed E-state index contributed by atoms with van der Waals surface area (Å²) in [5.41, 5.74) is 14.5. The van der Waals surface area contributed by atoms with Crippen LogP contribution in [0.4, 0.5) is 45.6 Å². The van der Waals surface area contributed by atoms with Gasteiger partial charge >= 0.3 is 0 Å². The van der Waals surface area contributed by atoms with Gasteiger partial charge in [-0.15, -0.1) is 0 Å². The fourth-order valence-electron chi connectivity index (χ4n) is 9.42. The number of nitrogens with zero attached hydrogens (tertiary/aromatic N) is 3. The topological polar surface area (TPSA) is 23.4 Å². The van der Waals surface area contributed by atoms with Gasteiger partial charge in [-0.05, 0) is 117 Å². The molecule has 62 heavy (non-hydrogen) atoms. The molecule has 10 aromatic carbocycles. The molecule has 0 aliphatic carbocycles. The molecule has 1 aromatic heterocycles. The Kier molecular flexibility index (Phi) is 8.46. The van der Waals surface area contributed by atoms with Gasteiger partial charge in [-0.2, -0.15) is 0 Å². The van der Waals surface area contributed by atoms with E-state index in [1.54, 1.807) is 0 Å². The maximum Gasteiger partial charge on any atom is 0.147 e. The molecular weight excluding hydrogens is 753 g/mol. The van der Waals surface area contributed by atoms with Crippen molar-refractivity contribution >= 4 is 78.1 Å². The molecule has 11 aromatic rings. The van der Waals surface area contributed by atoms with Crippen molar-refractivity contribution in [3.63, 3.8) is 0 Å². The largest absolute Gasteiger partial charge is 0.350 e. The Morgan fingerprint density at radius 1 is 0.371 bits per heavy atom. The number of benzene rings is 10. The lowest BCUT2D eigenvalue weighted by atomic mass is 9.97. The van der Waals surface area contributed by atoms with Crippen molar-refractivity contribution in [3.8, 4) is 27.9 Å². The highest BCUT2D eigenvalue weighted by Gasteiger charge is 2.32. The van der Waals surface area contributed by atoms with E-state index in [1.807, 2.05) is 0 Å². The van der Waals surface area contributed by atoms with Gasteiger partial charge in [0.2, 0.25) is 0 Å². The minimum Gasteiger partial charge on any atom is -0.350 e. The summed E-state index contributed by atoms with van der Waals surface area (Å²) >= 11 is 0. The number of anilines is 8. The van der Waals surface area contributed by atoms with Crippen LogP contribution in [0.25, 0.3) is 60.4 Å². The molecule has 0 unspecified atom stereocenters. The molecule has 0 bridgehead atoms. The second kappa shape index (κ2) is 14.7. The molecule has 4 heteroatoms. The van der Waals surface area contributed by atoms with Gasteiger partial charge in [-0.3, -0.25) is 9.47 Å². The van der Waals surface area contributed by atoms with Gasteiger partial charge in [0.15, 0.2) is 0 Å². The second-order valence-corrected chi connectivity index (χ2v) is 15.9. The molecule has 0 fully saturated rings. The quantitative estimate of drug-likeness (QED) is 0.174. The Morgan fingerprint density at radius 2 is 0.855 bits per heavy atom. The normalized spacial score (nSPS) is 12.0. The Labute approximate surface area is 360 Å². The first-order valence-corrected chi connectivity index (χ1v) is 21.2. The predicted molar refractivity (Wildman–Crippen MR) is 262 cm³/mol. The van der Waals surface area contributed by atoms with Gasteiger partial charge in [0.05, 0.1) is 22.6 Å². The molecule has 292 valence electrons. The van der Waals surface area contributed by atoms with Crippen LogP contribution in [0, 0.1) is 0 Å². The van der Waals surface area contributed by atoms with Crippen molar-refractivity contribution in [2.75, 3.05) is 15.1 Å². The Hall–Kier alpha value is -8.34. The summed E-state index contributed by atoms with van der Waals surface area (Å²) in [6.07, 6.45) is 0. The van der Waals surface area contributed by atoms with Gasteiger partial charge in [0.1, 0.15) is 5.82 Å². The van der Waals surface area contributed by atoms with E-state index >= 15 is 0 Å². The molecule has 0 spiro atoms. The third kappa shape index (κ3) is 5.92. The summed E-state index contributed by atoms with van der Waals surface area (Å²) in [6.45, 7) is 0. The van der Waals surface area contributed by atoms with Crippen LogP contribution < -0.4 is 15.1 Å². The first kappa shape index (κ1) is 35.6. The highest BCUT2D eigenvalue weighted by molar-refractivity contribution is 6.10. The van der Waals surface area contributed by atoms with Crippen LogP contribution in [0.2, 0.25) is 0 Å². The van der Waals surface area contributed by atoms with E-state index in [0.29, 0.717) is 0 Å². The SMILES string of the molecule is c1ccc(N2c3cc(N(c4ccc(-c5cccc6ccccc56)cc4)c4ccc(-c5cccc6ccccc56)cc4)ccc3Nc3c2n(-c2ccccc2)c2ccccc32)cc1. The molecule has 2 heterocycles. The van der Waals surface area contributed by atoms with Gasteiger partial charge in [0, 0.05) is 33.8 Å². The van der Waals surface area contributed by atoms with Crippen LogP contribution in [0.3, 0.4) is 0 Å². The first-order chi connectivity index (χ1) is 30.8. The van der Waals surface area contributed by atoms with E-state index in [2.05, 4.69) is 256 Å². The van der Waals surface area contributed by atoms with E-state index in [1.165, 1.54) is 49.2 Å². The van der Waals surface area contributed by atoms with Crippen molar-refractivity contribution in [2.24, 2.45) is 0 Å². The molecule has 12 rings (SSSR count). The maximum absolute atomic E-state index is 3.92.